The topological polar surface area (TPSA) is 92.8 Å². The van der Waals surface area contributed by atoms with E-state index in [0.717, 1.165) is 10.6 Å². The van der Waals surface area contributed by atoms with E-state index in [-0.39, 0.29) is 38.6 Å². The van der Waals surface area contributed by atoms with Gasteiger partial charge in [0, 0.05) is 5.02 Å². The van der Waals surface area contributed by atoms with Crippen molar-refractivity contribution in [1.29, 1.82) is 0 Å². The summed E-state index contributed by atoms with van der Waals surface area (Å²) in [6.45, 7) is 3.28. The minimum absolute atomic E-state index is 0.0677. The Morgan fingerprint density at radius 2 is 1.77 bits per heavy atom. The molecule has 0 bridgehead atoms. The van der Waals surface area contributed by atoms with Crippen LogP contribution in [0.3, 0.4) is 0 Å². The van der Waals surface area contributed by atoms with Crippen molar-refractivity contribution >= 4 is 68.1 Å². The Bertz CT molecular complexity index is 1080. The number of benzene rings is 2. The third-order valence-electron chi connectivity index (χ3n) is 3.97. The van der Waals surface area contributed by atoms with Gasteiger partial charge in [-0.3, -0.25) is 9.10 Å². The van der Waals surface area contributed by atoms with Crippen LogP contribution in [-0.2, 0) is 19.6 Å². The summed E-state index contributed by atoms with van der Waals surface area (Å²) in [5, 5.41) is 3.02. The van der Waals surface area contributed by atoms with Crippen molar-refractivity contribution in [2.45, 2.75) is 19.9 Å². The molecule has 0 aliphatic heterocycles. The summed E-state index contributed by atoms with van der Waals surface area (Å²) in [5.74, 6) is -1.22. The van der Waals surface area contributed by atoms with E-state index in [0.29, 0.717) is 0 Å². The molecule has 0 aromatic heterocycles. The summed E-state index contributed by atoms with van der Waals surface area (Å²) in [7, 11) is -3.89. The van der Waals surface area contributed by atoms with E-state index in [1.807, 2.05) is 0 Å². The number of rotatable bonds is 7. The van der Waals surface area contributed by atoms with Crippen molar-refractivity contribution in [1.82, 2.24) is 0 Å². The first-order valence-corrected chi connectivity index (χ1v) is 11.7. The van der Waals surface area contributed by atoms with E-state index in [9.17, 15) is 18.0 Å². The summed E-state index contributed by atoms with van der Waals surface area (Å²) >= 11 is 18.3. The fourth-order valence-corrected chi connectivity index (χ4v) is 4.46. The molecule has 1 amide bonds. The first-order chi connectivity index (χ1) is 14.0. The Kier molecular flexibility index (Phi) is 7.99. The highest BCUT2D eigenvalue weighted by molar-refractivity contribution is 7.92. The number of halogens is 3. The maximum Gasteiger partial charge on any atom is 0.338 e. The maximum atomic E-state index is 12.8. The largest absolute Gasteiger partial charge is 0.462 e. The minimum Gasteiger partial charge on any atom is -0.462 e. The van der Waals surface area contributed by atoms with Crippen LogP contribution in [0.2, 0.25) is 15.1 Å². The van der Waals surface area contributed by atoms with E-state index >= 15 is 0 Å². The average Bonchev–Trinajstić information content (AvgIpc) is 2.65. The molecule has 0 fully saturated rings. The number of hydrogen-bond donors (Lipinski definition) is 1. The number of carbonyl (C=O) groups is 2. The Hall–Kier alpha value is -2.00. The van der Waals surface area contributed by atoms with Crippen molar-refractivity contribution in [3.8, 4) is 0 Å². The lowest BCUT2D eigenvalue weighted by Gasteiger charge is -2.29. The van der Waals surface area contributed by atoms with E-state index in [1.54, 1.807) is 6.92 Å². The normalized spacial score (nSPS) is 12.2. The number of anilines is 2. The van der Waals surface area contributed by atoms with Gasteiger partial charge in [-0.25, -0.2) is 13.2 Å². The molecule has 2 aromatic rings. The summed E-state index contributed by atoms with van der Waals surface area (Å²) in [4.78, 5) is 24.6. The third-order valence-corrected chi connectivity index (χ3v) is 6.07. The van der Waals surface area contributed by atoms with E-state index in [1.165, 1.54) is 43.3 Å². The molecular formula is C19H19Cl3N2O5S. The number of sulfonamides is 1. The van der Waals surface area contributed by atoms with Crippen LogP contribution in [0.5, 0.6) is 0 Å². The molecule has 0 saturated carbocycles. The third kappa shape index (κ3) is 5.78. The second kappa shape index (κ2) is 9.87. The Balaban J connectivity index is 2.32. The first kappa shape index (κ1) is 24.3. The summed E-state index contributed by atoms with van der Waals surface area (Å²) in [6.07, 6.45) is 0.954. The average molecular weight is 494 g/mol. The fraction of sp³-hybridized carbons (Fsp3) is 0.263. The van der Waals surface area contributed by atoms with Gasteiger partial charge in [0.25, 0.3) is 0 Å². The number of hydrogen-bond acceptors (Lipinski definition) is 5. The highest BCUT2D eigenvalue weighted by Crippen LogP contribution is 2.32. The molecule has 2 rings (SSSR count). The van der Waals surface area contributed by atoms with Crippen LogP contribution < -0.4 is 9.62 Å². The molecule has 162 valence electrons. The summed E-state index contributed by atoms with van der Waals surface area (Å²) in [5.41, 5.74) is 0.488. The number of amides is 1. The van der Waals surface area contributed by atoms with Crippen molar-refractivity contribution in [3.05, 3.63) is 57.0 Å². The maximum absolute atomic E-state index is 12.8. The Labute approximate surface area is 189 Å². The van der Waals surface area contributed by atoms with Gasteiger partial charge in [0.2, 0.25) is 15.9 Å². The van der Waals surface area contributed by atoms with Gasteiger partial charge in [0.15, 0.2) is 0 Å². The molecule has 7 nitrogen and oxygen atoms in total. The van der Waals surface area contributed by atoms with Crippen LogP contribution in [-0.4, -0.2) is 39.2 Å². The zero-order chi connectivity index (χ0) is 22.6. The molecule has 0 saturated heterocycles. The van der Waals surface area contributed by atoms with Gasteiger partial charge >= 0.3 is 5.97 Å². The molecule has 2 aromatic carbocycles. The highest BCUT2D eigenvalue weighted by Gasteiger charge is 2.31. The predicted octanol–water partition coefficient (Wildman–Crippen LogP) is 4.62. The van der Waals surface area contributed by atoms with Crippen LogP contribution in [0.4, 0.5) is 11.4 Å². The molecule has 1 unspecified atom stereocenters. The van der Waals surface area contributed by atoms with Gasteiger partial charge in [0.05, 0.1) is 39.8 Å². The lowest BCUT2D eigenvalue weighted by atomic mass is 10.2. The van der Waals surface area contributed by atoms with Crippen molar-refractivity contribution in [2.24, 2.45) is 0 Å². The van der Waals surface area contributed by atoms with Gasteiger partial charge in [-0.15, -0.1) is 0 Å². The molecular weight excluding hydrogens is 475 g/mol. The van der Waals surface area contributed by atoms with Crippen LogP contribution in [0.15, 0.2) is 36.4 Å². The van der Waals surface area contributed by atoms with Crippen LogP contribution in [0, 0.1) is 0 Å². The minimum atomic E-state index is -3.89. The fourth-order valence-electron chi connectivity index (χ4n) is 2.63. The quantitative estimate of drug-likeness (QED) is 0.568. The number of ether oxygens (including phenoxy) is 1. The second-order valence-corrected chi connectivity index (χ2v) is 9.35. The van der Waals surface area contributed by atoms with Crippen LogP contribution >= 0.6 is 34.8 Å². The Morgan fingerprint density at radius 3 is 2.33 bits per heavy atom. The van der Waals surface area contributed by atoms with Gasteiger partial charge in [-0.2, -0.15) is 0 Å². The van der Waals surface area contributed by atoms with Crippen LogP contribution in [0.1, 0.15) is 24.2 Å². The Morgan fingerprint density at radius 1 is 1.10 bits per heavy atom. The summed E-state index contributed by atoms with van der Waals surface area (Å²) < 4.78 is 30.6. The van der Waals surface area contributed by atoms with Crippen molar-refractivity contribution < 1.29 is 22.7 Å². The highest BCUT2D eigenvalue weighted by atomic mass is 35.5. The number of carbonyl (C=O) groups excluding carboxylic acids is 2. The lowest BCUT2D eigenvalue weighted by molar-refractivity contribution is -0.116. The van der Waals surface area contributed by atoms with E-state index in [4.69, 9.17) is 39.5 Å². The van der Waals surface area contributed by atoms with Crippen molar-refractivity contribution in [2.75, 3.05) is 22.5 Å². The second-order valence-electron chi connectivity index (χ2n) is 6.23. The van der Waals surface area contributed by atoms with Gasteiger partial charge in [-0.05, 0) is 50.2 Å². The number of esters is 1. The molecule has 0 aliphatic rings. The molecule has 11 heteroatoms. The molecule has 0 radical (unpaired) electrons. The summed E-state index contributed by atoms with van der Waals surface area (Å²) in [6, 6.07) is 7.33. The zero-order valence-corrected chi connectivity index (χ0v) is 19.4. The number of nitrogens with one attached hydrogen (secondary N) is 1. The van der Waals surface area contributed by atoms with Crippen LogP contribution in [0.25, 0.3) is 0 Å². The number of nitrogens with zero attached hydrogens (tertiary/aromatic N) is 1. The first-order valence-electron chi connectivity index (χ1n) is 8.67. The molecule has 0 aliphatic carbocycles. The SMILES string of the molecule is CCOC(=O)c1ccc(NC(=O)C(C)N(c2cc(Cl)ccc2Cl)S(C)(=O)=O)c(Cl)c1. The van der Waals surface area contributed by atoms with Gasteiger partial charge in [-0.1, -0.05) is 34.8 Å². The standard InChI is InChI=1S/C19H19Cl3N2O5S/c1-4-29-19(26)12-5-8-16(15(22)9-12)23-18(25)11(2)24(30(3,27)28)17-10-13(20)6-7-14(17)21/h5-11H,4H2,1-3H3,(H,23,25). The zero-order valence-electron chi connectivity index (χ0n) is 16.3. The monoisotopic (exact) mass is 492 g/mol. The van der Waals surface area contributed by atoms with Gasteiger partial charge in [0.1, 0.15) is 6.04 Å². The predicted molar refractivity (Wildman–Crippen MR) is 119 cm³/mol. The van der Waals surface area contributed by atoms with Crippen molar-refractivity contribution in [3.63, 3.8) is 0 Å². The molecule has 1 N–H and O–H groups in total. The molecule has 30 heavy (non-hydrogen) atoms. The smallest absolute Gasteiger partial charge is 0.338 e. The van der Waals surface area contributed by atoms with Gasteiger partial charge < -0.3 is 10.1 Å². The molecule has 0 spiro atoms. The lowest BCUT2D eigenvalue weighted by Crippen LogP contribution is -2.45. The van der Waals surface area contributed by atoms with E-state index in [2.05, 4.69) is 5.32 Å². The molecule has 1 atom stereocenters. The molecule has 0 heterocycles. The van der Waals surface area contributed by atoms with E-state index < -0.39 is 27.9 Å².